The SMILES string of the molecule is CCC(O)C1=C(C(C)O)CCC1OCOCC[Si](C)(C)C. The summed E-state index contributed by atoms with van der Waals surface area (Å²) < 4.78 is 11.4. The second kappa shape index (κ2) is 8.43. The third kappa shape index (κ3) is 6.20. The molecule has 1 aliphatic carbocycles. The van der Waals surface area contributed by atoms with Gasteiger partial charge in [0.1, 0.15) is 6.79 Å². The molecule has 4 nitrogen and oxygen atoms in total. The summed E-state index contributed by atoms with van der Waals surface area (Å²) in [5.41, 5.74) is 1.82. The highest BCUT2D eigenvalue weighted by Gasteiger charge is 2.32. The van der Waals surface area contributed by atoms with Crippen molar-refractivity contribution in [1.82, 2.24) is 0 Å². The maximum Gasteiger partial charge on any atom is 0.147 e. The molecule has 0 amide bonds. The Labute approximate surface area is 130 Å². The van der Waals surface area contributed by atoms with E-state index < -0.39 is 20.3 Å². The number of hydrogen-bond donors (Lipinski definition) is 2. The predicted molar refractivity (Wildman–Crippen MR) is 88.1 cm³/mol. The van der Waals surface area contributed by atoms with E-state index in [1.54, 1.807) is 6.92 Å². The lowest BCUT2D eigenvalue weighted by molar-refractivity contribution is -0.0785. The molecule has 0 aliphatic heterocycles. The van der Waals surface area contributed by atoms with Gasteiger partial charge in [-0.1, -0.05) is 26.6 Å². The van der Waals surface area contributed by atoms with Crippen molar-refractivity contribution in [2.24, 2.45) is 0 Å². The fourth-order valence-corrected chi connectivity index (χ4v) is 3.39. The van der Waals surface area contributed by atoms with Crippen molar-refractivity contribution in [2.75, 3.05) is 13.4 Å². The van der Waals surface area contributed by atoms with Crippen LogP contribution in [0.3, 0.4) is 0 Å². The minimum Gasteiger partial charge on any atom is -0.389 e. The summed E-state index contributed by atoms with van der Waals surface area (Å²) in [6.45, 7) is 11.7. The summed E-state index contributed by atoms with van der Waals surface area (Å²) in [5, 5.41) is 20.0. The number of aliphatic hydroxyl groups excluding tert-OH is 2. The van der Waals surface area contributed by atoms with Crippen LogP contribution < -0.4 is 0 Å². The first kappa shape index (κ1) is 18.8. The Balaban J connectivity index is 2.47. The van der Waals surface area contributed by atoms with E-state index in [1.165, 1.54) is 0 Å². The molecule has 0 heterocycles. The minimum absolute atomic E-state index is 0.114. The summed E-state index contributed by atoms with van der Waals surface area (Å²) in [6, 6.07) is 1.13. The van der Waals surface area contributed by atoms with Crippen LogP contribution in [0, 0.1) is 0 Å². The second-order valence-corrected chi connectivity index (χ2v) is 12.7. The van der Waals surface area contributed by atoms with Gasteiger partial charge in [-0.15, -0.1) is 0 Å². The summed E-state index contributed by atoms with van der Waals surface area (Å²) in [4.78, 5) is 0. The lowest BCUT2D eigenvalue weighted by Gasteiger charge is -2.22. The smallest absolute Gasteiger partial charge is 0.147 e. The Morgan fingerprint density at radius 2 is 1.95 bits per heavy atom. The van der Waals surface area contributed by atoms with Gasteiger partial charge in [-0.3, -0.25) is 0 Å². The third-order valence-electron chi connectivity index (χ3n) is 3.99. The highest BCUT2D eigenvalue weighted by molar-refractivity contribution is 6.76. The van der Waals surface area contributed by atoms with E-state index in [0.29, 0.717) is 6.42 Å². The molecule has 3 unspecified atom stereocenters. The van der Waals surface area contributed by atoms with Crippen LogP contribution in [0.5, 0.6) is 0 Å². The highest BCUT2D eigenvalue weighted by Crippen LogP contribution is 2.34. The van der Waals surface area contributed by atoms with Crippen molar-refractivity contribution in [2.45, 2.75) is 77.1 Å². The van der Waals surface area contributed by atoms with Crippen LogP contribution in [-0.2, 0) is 9.47 Å². The van der Waals surface area contributed by atoms with E-state index >= 15 is 0 Å². The fraction of sp³-hybridized carbons (Fsp3) is 0.875. The van der Waals surface area contributed by atoms with E-state index in [9.17, 15) is 10.2 Å². The van der Waals surface area contributed by atoms with Gasteiger partial charge in [0.15, 0.2) is 0 Å². The fourth-order valence-electron chi connectivity index (χ4n) is 2.63. The van der Waals surface area contributed by atoms with Crippen LogP contribution in [0.25, 0.3) is 0 Å². The van der Waals surface area contributed by atoms with Crippen molar-refractivity contribution in [3.63, 3.8) is 0 Å². The molecule has 0 fully saturated rings. The Kier molecular flexibility index (Phi) is 7.57. The normalized spacial score (nSPS) is 22.7. The number of rotatable bonds is 9. The molecule has 0 saturated heterocycles. The first-order valence-corrected chi connectivity index (χ1v) is 11.7. The Bertz CT molecular complexity index is 347. The van der Waals surface area contributed by atoms with Crippen LogP contribution in [0.15, 0.2) is 11.1 Å². The number of ether oxygens (including phenoxy) is 2. The monoisotopic (exact) mass is 316 g/mol. The van der Waals surface area contributed by atoms with Crippen LogP contribution >= 0.6 is 0 Å². The largest absolute Gasteiger partial charge is 0.389 e. The van der Waals surface area contributed by atoms with E-state index in [-0.39, 0.29) is 12.9 Å². The Hall–Kier alpha value is -0.203. The molecule has 124 valence electrons. The molecule has 2 N–H and O–H groups in total. The molecule has 3 atom stereocenters. The maximum atomic E-state index is 10.2. The molecule has 21 heavy (non-hydrogen) atoms. The standard InChI is InChI=1S/C16H32O4Si/c1-6-14(18)16-13(12(2)17)7-8-15(16)20-11-19-9-10-21(3,4)5/h12,14-15,17-18H,6-11H2,1-5H3. The van der Waals surface area contributed by atoms with E-state index in [4.69, 9.17) is 9.47 Å². The number of hydrogen-bond acceptors (Lipinski definition) is 4. The molecule has 0 spiro atoms. The summed E-state index contributed by atoms with van der Waals surface area (Å²) in [6.07, 6.45) is 1.11. The van der Waals surface area contributed by atoms with Gasteiger partial charge in [-0.25, -0.2) is 0 Å². The average Bonchev–Trinajstić information content (AvgIpc) is 2.80. The van der Waals surface area contributed by atoms with Gasteiger partial charge in [0.25, 0.3) is 0 Å². The van der Waals surface area contributed by atoms with Gasteiger partial charge in [0, 0.05) is 14.7 Å². The van der Waals surface area contributed by atoms with E-state index in [1.807, 2.05) is 6.92 Å². The molecule has 1 rings (SSSR count). The maximum absolute atomic E-state index is 10.2. The molecule has 0 saturated carbocycles. The second-order valence-electron chi connectivity index (χ2n) is 7.11. The average molecular weight is 317 g/mol. The minimum atomic E-state index is -1.06. The zero-order valence-electron chi connectivity index (χ0n) is 14.2. The highest BCUT2D eigenvalue weighted by atomic mass is 28.3. The molecule has 5 heteroatoms. The topological polar surface area (TPSA) is 58.9 Å². The van der Waals surface area contributed by atoms with Gasteiger partial charge in [0.2, 0.25) is 0 Å². The molecule has 0 aromatic heterocycles. The first-order chi connectivity index (χ1) is 9.76. The zero-order valence-corrected chi connectivity index (χ0v) is 15.2. The lowest BCUT2D eigenvalue weighted by atomic mass is 9.99. The summed E-state index contributed by atoms with van der Waals surface area (Å²) >= 11 is 0. The summed E-state index contributed by atoms with van der Waals surface area (Å²) in [7, 11) is -1.06. The quantitative estimate of drug-likeness (QED) is 0.297. The zero-order chi connectivity index (χ0) is 16.0. The third-order valence-corrected chi connectivity index (χ3v) is 5.70. The van der Waals surface area contributed by atoms with Crippen molar-refractivity contribution < 1.29 is 19.7 Å². The lowest BCUT2D eigenvalue weighted by Crippen LogP contribution is -2.25. The van der Waals surface area contributed by atoms with Crippen LogP contribution in [-0.4, -0.2) is 50.0 Å². The number of aliphatic hydroxyl groups is 2. The predicted octanol–water partition coefficient (Wildman–Crippen LogP) is 2.93. The van der Waals surface area contributed by atoms with Crippen molar-refractivity contribution in [3.8, 4) is 0 Å². The first-order valence-electron chi connectivity index (χ1n) is 8.04. The molecule has 0 radical (unpaired) electrons. The molecule has 0 aromatic carbocycles. The van der Waals surface area contributed by atoms with Gasteiger partial charge in [-0.05, 0) is 43.4 Å². The molecular formula is C16H32O4Si. The summed E-state index contributed by atoms with van der Waals surface area (Å²) in [5.74, 6) is 0. The van der Waals surface area contributed by atoms with Gasteiger partial charge in [0.05, 0.1) is 18.3 Å². The van der Waals surface area contributed by atoms with Crippen molar-refractivity contribution in [3.05, 3.63) is 11.1 Å². The van der Waals surface area contributed by atoms with Crippen LogP contribution in [0.2, 0.25) is 25.7 Å². The molecule has 1 aliphatic rings. The van der Waals surface area contributed by atoms with E-state index in [0.717, 1.165) is 36.6 Å². The molecular weight excluding hydrogens is 284 g/mol. The van der Waals surface area contributed by atoms with Crippen LogP contribution in [0.1, 0.15) is 33.1 Å². The van der Waals surface area contributed by atoms with Crippen molar-refractivity contribution >= 4 is 8.07 Å². The van der Waals surface area contributed by atoms with Gasteiger partial charge < -0.3 is 19.7 Å². The Morgan fingerprint density at radius 3 is 2.48 bits per heavy atom. The van der Waals surface area contributed by atoms with Crippen molar-refractivity contribution in [1.29, 1.82) is 0 Å². The molecule has 0 bridgehead atoms. The van der Waals surface area contributed by atoms with Gasteiger partial charge >= 0.3 is 0 Å². The van der Waals surface area contributed by atoms with Gasteiger partial charge in [-0.2, -0.15) is 0 Å². The molecule has 0 aromatic rings. The van der Waals surface area contributed by atoms with E-state index in [2.05, 4.69) is 19.6 Å². The Morgan fingerprint density at radius 1 is 1.29 bits per heavy atom. The van der Waals surface area contributed by atoms with Crippen LogP contribution in [0.4, 0.5) is 0 Å².